The van der Waals surface area contributed by atoms with Gasteiger partial charge in [-0.05, 0) is 76.0 Å². The second-order valence-corrected chi connectivity index (χ2v) is 10.9. The summed E-state index contributed by atoms with van der Waals surface area (Å²) >= 11 is 3.45. The molecule has 1 aromatic rings. The standard InChI is InChI=1S/C23H30BrF3N2O3/c1-21(2,3)32-20(31)28-11-9-22(10-12-28,14-16-5-4-6-17(24)13-16)15-29(18-7-8-18)19(30)23(25,26)27/h4-6,13,18H,7-12,14-15H2,1-3H3. The number of amides is 2. The Hall–Kier alpha value is -1.77. The third-order valence-electron chi connectivity index (χ3n) is 5.94. The van der Waals surface area contributed by atoms with Crippen LogP contribution in [0, 0.1) is 5.41 Å². The van der Waals surface area contributed by atoms with Crippen molar-refractivity contribution in [2.75, 3.05) is 19.6 Å². The molecule has 1 saturated heterocycles. The van der Waals surface area contributed by atoms with Gasteiger partial charge in [0.25, 0.3) is 0 Å². The number of hydrogen-bond acceptors (Lipinski definition) is 3. The monoisotopic (exact) mass is 518 g/mol. The van der Waals surface area contributed by atoms with Crippen molar-refractivity contribution in [1.29, 1.82) is 0 Å². The lowest BCUT2D eigenvalue weighted by Crippen LogP contribution is -2.53. The van der Waals surface area contributed by atoms with Gasteiger partial charge in [0.1, 0.15) is 5.60 Å². The number of carbonyl (C=O) groups excluding carboxylic acids is 2. The van der Waals surface area contributed by atoms with Gasteiger partial charge in [0.05, 0.1) is 0 Å². The largest absolute Gasteiger partial charge is 0.471 e. The van der Waals surface area contributed by atoms with Crippen molar-refractivity contribution in [2.24, 2.45) is 5.41 Å². The summed E-state index contributed by atoms with van der Waals surface area (Å²) in [5.74, 6) is -1.76. The summed E-state index contributed by atoms with van der Waals surface area (Å²) in [6.07, 6.45) is -2.60. The quantitative estimate of drug-likeness (QED) is 0.512. The molecule has 0 N–H and O–H groups in total. The summed E-state index contributed by atoms with van der Waals surface area (Å²) in [7, 11) is 0. The van der Waals surface area contributed by atoms with E-state index in [1.807, 2.05) is 24.3 Å². The zero-order valence-corrected chi connectivity index (χ0v) is 20.3. The number of carbonyl (C=O) groups is 2. The Bertz CT molecular complexity index is 842. The number of benzene rings is 1. The molecule has 1 heterocycles. The normalized spacial score (nSPS) is 18.9. The van der Waals surface area contributed by atoms with E-state index in [9.17, 15) is 22.8 Å². The van der Waals surface area contributed by atoms with Crippen LogP contribution in [0.5, 0.6) is 0 Å². The number of rotatable bonds is 5. The molecule has 1 saturated carbocycles. The van der Waals surface area contributed by atoms with Crippen LogP contribution in [0.15, 0.2) is 28.7 Å². The molecule has 0 spiro atoms. The molecular formula is C23H30BrF3N2O3. The lowest BCUT2D eigenvalue weighted by atomic mass is 9.73. The van der Waals surface area contributed by atoms with Crippen LogP contribution < -0.4 is 0 Å². The lowest BCUT2D eigenvalue weighted by Gasteiger charge is -2.45. The maximum atomic E-state index is 13.3. The van der Waals surface area contributed by atoms with Crippen LogP contribution >= 0.6 is 15.9 Å². The van der Waals surface area contributed by atoms with Gasteiger partial charge in [0.2, 0.25) is 0 Å². The third-order valence-corrected chi connectivity index (χ3v) is 6.43. The highest BCUT2D eigenvalue weighted by molar-refractivity contribution is 9.10. The average Bonchev–Trinajstić information content (AvgIpc) is 3.49. The number of hydrogen-bond donors (Lipinski definition) is 0. The highest BCUT2D eigenvalue weighted by Gasteiger charge is 2.50. The van der Waals surface area contributed by atoms with Crippen molar-refractivity contribution in [3.05, 3.63) is 34.3 Å². The Labute approximate surface area is 195 Å². The predicted octanol–water partition coefficient (Wildman–Crippen LogP) is 5.56. The summed E-state index contributed by atoms with van der Waals surface area (Å²) in [6.45, 7) is 6.17. The lowest BCUT2D eigenvalue weighted by molar-refractivity contribution is -0.188. The van der Waals surface area contributed by atoms with E-state index in [0.717, 1.165) is 14.9 Å². The van der Waals surface area contributed by atoms with Gasteiger partial charge in [-0.2, -0.15) is 13.2 Å². The van der Waals surface area contributed by atoms with Crippen LogP contribution in [-0.2, 0) is 16.0 Å². The second-order valence-electron chi connectivity index (χ2n) is 9.94. The van der Waals surface area contributed by atoms with E-state index in [0.29, 0.717) is 45.2 Å². The maximum absolute atomic E-state index is 13.3. The van der Waals surface area contributed by atoms with E-state index >= 15 is 0 Å². The van der Waals surface area contributed by atoms with Crippen LogP contribution in [0.2, 0.25) is 0 Å². The molecule has 178 valence electrons. The van der Waals surface area contributed by atoms with Crippen molar-refractivity contribution >= 4 is 27.9 Å². The van der Waals surface area contributed by atoms with Crippen molar-refractivity contribution < 1.29 is 27.5 Å². The van der Waals surface area contributed by atoms with Crippen molar-refractivity contribution in [2.45, 2.75) is 70.7 Å². The minimum absolute atomic E-state index is 0.0324. The van der Waals surface area contributed by atoms with Crippen LogP contribution in [0.4, 0.5) is 18.0 Å². The third kappa shape index (κ3) is 6.62. The number of nitrogens with zero attached hydrogens (tertiary/aromatic N) is 2. The van der Waals surface area contributed by atoms with Gasteiger partial charge in [-0.15, -0.1) is 0 Å². The van der Waals surface area contributed by atoms with Gasteiger partial charge >= 0.3 is 18.2 Å². The second kappa shape index (κ2) is 9.23. The number of halogens is 4. The fraction of sp³-hybridized carbons (Fsp3) is 0.652. The van der Waals surface area contributed by atoms with Crippen LogP contribution in [0.1, 0.15) is 52.0 Å². The highest BCUT2D eigenvalue weighted by Crippen LogP contribution is 2.41. The number of alkyl halides is 3. The molecule has 2 aliphatic rings. The van der Waals surface area contributed by atoms with Crippen LogP contribution in [-0.4, -0.2) is 59.3 Å². The van der Waals surface area contributed by atoms with Crippen molar-refractivity contribution in [3.8, 4) is 0 Å². The maximum Gasteiger partial charge on any atom is 0.471 e. The van der Waals surface area contributed by atoms with Crippen molar-refractivity contribution in [1.82, 2.24) is 9.80 Å². The molecule has 1 aliphatic heterocycles. The van der Waals surface area contributed by atoms with Gasteiger partial charge in [-0.25, -0.2) is 4.79 Å². The Morgan fingerprint density at radius 2 is 1.81 bits per heavy atom. The minimum atomic E-state index is -4.89. The fourth-order valence-corrected chi connectivity index (χ4v) is 4.68. The molecule has 2 amide bonds. The van der Waals surface area contributed by atoms with E-state index in [1.54, 1.807) is 25.7 Å². The Morgan fingerprint density at radius 3 is 2.31 bits per heavy atom. The fourth-order valence-electron chi connectivity index (χ4n) is 4.24. The van der Waals surface area contributed by atoms with Gasteiger partial charge in [-0.3, -0.25) is 4.79 Å². The minimum Gasteiger partial charge on any atom is -0.444 e. The van der Waals surface area contributed by atoms with E-state index in [2.05, 4.69) is 15.9 Å². The molecule has 0 bridgehead atoms. The summed E-state index contributed by atoms with van der Waals surface area (Å²) in [5, 5.41) is 0. The van der Waals surface area contributed by atoms with E-state index < -0.39 is 29.2 Å². The zero-order chi connectivity index (χ0) is 23.7. The molecule has 5 nitrogen and oxygen atoms in total. The smallest absolute Gasteiger partial charge is 0.444 e. The number of likely N-dealkylation sites (tertiary alicyclic amines) is 1. The Morgan fingerprint density at radius 1 is 1.19 bits per heavy atom. The SMILES string of the molecule is CC(C)(C)OC(=O)N1CCC(Cc2cccc(Br)c2)(CN(C(=O)C(F)(F)F)C2CC2)CC1. The first-order chi connectivity index (χ1) is 14.8. The van der Waals surface area contributed by atoms with Crippen LogP contribution in [0.25, 0.3) is 0 Å². The molecule has 2 fully saturated rings. The molecule has 0 aromatic heterocycles. The summed E-state index contributed by atoms with van der Waals surface area (Å²) < 4.78 is 46.3. The van der Waals surface area contributed by atoms with E-state index in [4.69, 9.17) is 4.74 Å². The van der Waals surface area contributed by atoms with Crippen LogP contribution in [0.3, 0.4) is 0 Å². The molecule has 0 radical (unpaired) electrons. The highest BCUT2D eigenvalue weighted by atomic mass is 79.9. The predicted molar refractivity (Wildman–Crippen MR) is 118 cm³/mol. The molecule has 9 heteroatoms. The average molecular weight is 519 g/mol. The molecule has 1 aromatic carbocycles. The molecule has 3 rings (SSSR count). The summed E-state index contributed by atoms with van der Waals surface area (Å²) in [5.41, 5.74) is -0.188. The number of ether oxygens (including phenoxy) is 1. The molecular weight excluding hydrogens is 489 g/mol. The molecule has 1 aliphatic carbocycles. The zero-order valence-electron chi connectivity index (χ0n) is 18.7. The van der Waals surface area contributed by atoms with Gasteiger partial charge in [-0.1, -0.05) is 28.1 Å². The summed E-state index contributed by atoms with van der Waals surface area (Å²) in [6, 6.07) is 7.33. The topological polar surface area (TPSA) is 49.9 Å². The first-order valence-corrected chi connectivity index (χ1v) is 11.7. The molecule has 0 unspecified atom stereocenters. The number of piperidine rings is 1. The van der Waals surface area contributed by atoms with E-state index in [1.165, 1.54) is 0 Å². The first-order valence-electron chi connectivity index (χ1n) is 10.9. The van der Waals surface area contributed by atoms with Gasteiger partial charge < -0.3 is 14.5 Å². The summed E-state index contributed by atoms with van der Waals surface area (Å²) in [4.78, 5) is 27.3. The Kier molecular flexibility index (Phi) is 7.17. The van der Waals surface area contributed by atoms with Gasteiger partial charge in [0, 0.05) is 30.1 Å². The van der Waals surface area contributed by atoms with Gasteiger partial charge in [0.15, 0.2) is 0 Å². The molecule has 32 heavy (non-hydrogen) atoms. The Balaban J connectivity index is 1.81. The van der Waals surface area contributed by atoms with E-state index in [-0.39, 0.29) is 12.6 Å². The molecule has 0 atom stereocenters. The van der Waals surface area contributed by atoms with Crippen molar-refractivity contribution in [3.63, 3.8) is 0 Å². The first kappa shape index (κ1) is 24.9.